The smallest absolute Gasteiger partial charge is 0.256 e. The summed E-state index contributed by atoms with van der Waals surface area (Å²) in [5.74, 6) is 0. The molecule has 0 bridgehead atoms. The average molecular weight is 262 g/mol. The molecule has 0 aliphatic rings. The van der Waals surface area contributed by atoms with Crippen molar-refractivity contribution in [1.29, 1.82) is 0 Å². The number of hydrogen-bond acceptors (Lipinski definition) is 2. The summed E-state index contributed by atoms with van der Waals surface area (Å²) in [4.78, 5) is 30.8. The van der Waals surface area contributed by atoms with E-state index in [2.05, 4.69) is 9.97 Å². The van der Waals surface area contributed by atoms with Crippen molar-refractivity contribution in [2.24, 2.45) is 0 Å². The summed E-state index contributed by atoms with van der Waals surface area (Å²) >= 11 is 0. The van der Waals surface area contributed by atoms with E-state index >= 15 is 0 Å². The van der Waals surface area contributed by atoms with Crippen LogP contribution >= 0.6 is 0 Å². The Labute approximate surface area is 112 Å². The quantitative estimate of drug-likeness (QED) is 0.511. The number of aromatic nitrogens is 2. The number of hydrogen-bond donors (Lipinski definition) is 2. The van der Waals surface area contributed by atoms with Gasteiger partial charge >= 0.3 is 0 Å². The van der Waals surface area contributed by atoms with Gasteiger partial charge in [0.1, 0.15) is 5.52 Å². The highest BCUT2D eigenvalue weighted by atomic mass is 16.1. The molecule has 20 heavy (non-hydrogen) atoms. The first-order chi connectivity index (χ1) is 9.75. The molecule has 2 N–H and O–H groups in total. The predicted molar refractivity (Wildman–Crippen MR) is 80.2 cm³/mol. The molecule has 0 atom stereocenters. The van der Waals surface area contributed by atoms with Gasteiger partial charge in [0.15, 0.2) is 0 Å². The van der Waals surface area contributed by atoms with Crippen LogP contribution in [0.4, 0.5) is 0 Å². The van der Waals surface area contributed by atoms with E-state index in [1.165, 1.54) is 0 Å². The topological polar surface area (TPSA) is 65.7 Å². The molecule has 4 heteroatoms. The Bertz CT molecular complexity index is 1090. The van der Waals surface area contributed by atoms with Crippen LogP contribution in [-0.2, 0) is 0 Å². The van der Waals surface area contributed by atoms with Gasteiger partial charge in [-0.2, -0.15) is 0 Å². The number of benzene rings is 2. The van der Waals surface area contributed by atoms with Gasteiger partial charge in [-0.3, -0.25) is 9.59 Å². The molecule has 4 rings (SSSR count). The first-order valence-electron chi connectivity index (χ1n) is 6.31. The van der Waals surface area contributed by atoms with Crippen molar-refractivity contribution in [3.63, 3.8) is 0 Å². The summed E-state index contributed by atoms with van der Waals surface area (Å²) in [6, 6.07) is 14.4. The Kier molecular flexibility index (Phi) is 2.09. The lowest BCUT2D eigenvalue weighted by atomic mass is 10.2. The summed E-state index contributed by atoms with van der Waals surface area (Å²) in [5.41, 5.74) is 1.42. The maximum atomic E-state index is 12.6. The second kappa shape index (κ2) is 3.81. The molecule has 4 aromatic rings. The molecule has 2 aromatic heterocycles. The van der Waals surface area contributed by atoms with Crippen LogP contribution in [-0.4, -0.2) is 9.97 Å². The molecule has 96 valence electrons. The molecular formula is C16H10N2O2. The molecule has 0 fully saturated rings. The Hall–Kier alpha value is -2.88. The van der Waals surface area contributed by atoms with Crippen molar-refractivity contribution in [1.82, 2.24) is 9.97 Å². The Morgan fingerprint density at radius 3 is 2.10 bits per heavy atom. The second-order valence-corrected chi connectivity index (χ2v) is 4.75. The Morgan fingerprint density at radius 2 is 1.30 bits per heavy atom. The number of nitrogens with one attached hydrogen (secondary N) is 2. The van der Waals surface area contributed by atoms with Crippen molar-refractivity contribution >= 4 is 32.7 Å². The fourth-order valence-electron chi connectivity index (χ4n) is 2.64. The first-order valence-corrected chi connectivity index (χ1v) is 6.31. The van der Waals surface area contributed by atoms with E-state index in [1.807, 2.05) is 24.3 Å². The van der Waals surface area contributed by atoms with E-state index in [1.54, 1.807) is 24.3 Å². The van der Waals surface area contributed by atoms with E-state index in [9.17, 15) is 9.59 Å². The lowest BCUT2D eigenvalue weighted by molar-refractivity contribution is 1.37. The molecule has 2 aromatic carbocycles. The lowest BCUT2D eigenvalue weighted by Crippen LogP contribution is -2.03. The average Bonchev–Trinajstić information content (AvgIpc) is 2.81. The van der Waals surface area contributed by atoms with Crippen molar-refractivity contribution in [3.8, 4) is 0 Å². The van der Waals surface area contributed by atoms with Gasteiger partial charge in [0, 0.05) is 16.3 Å². The SMILES string of the molecule is O=c1[nH]c2c([nH]c3ccccc32)c(=O)c2ccccc12. The molecule has 2 heterocycles. The Balaban J connectivity index is 2.44. The first kappa shape index (κ1) is 11.0. The fraction of sp³-hybridized carbons (Fsp3) is 0. The van der Waals surface area contributed by atoms with Crippen LogP contribution in [0.25, 0.3) is 32.7 Å². The van der Waals surface area contributed by atoms with Gasteiger partial charge in [-0.05, 0) is 12.1 Å². The second-order valence-electron chi connectivity index (χ2n) is 4.75. The van der Waals surface area contributed by atoms with Crippen LogP contribution < -0.4 is 11.0 Å². The van der Waals surface area contributed by atoms with Gasteiger partial charge in [0.05, 0.1) is 10.9 Å². The Morgan fingerprint density at radius 1 is 0.650 bits per heavy atom. The third-order valence-electron chi connectivity index (χ3n) is 3.59. The predicted octanol–water partition coefficient (Wildman–Crippen LogP) is 2.52. The molecule has 4 nitrogen and oxygen atoms in total. The molecule has 0 aliphatic heterocycles. The van der Waals surface area contributed by atoms with Gasteiger partial charge < -0.3 is 9.97 Å². The van der Waals surface area contributed by atoms with E-state index in [4.69, 9.17) is 0 Å². The molecule has 0 aliphatic carbocycles. The minimum absolute atomic E-state index is 0.162. The van der Waals surface area contributed by atoms with Gasteiger partial charge in [0.25, 0.3) is 5.56 Å². The van der Waals surface area contributed by atoms with Crippen LogP contribution in [0.2, 0.25) is 0 Å². The van der Waals surface area contributed by atoms with Crippen LogP contribution in [0, 0.1) is 0 Å². The van der Waals surface area contributed by atoms with Crippen LogP contribution in [0.15, 0.2) is 58.1 Å². The summed E-state index contributed by atoms with van der Waals surface area (Å²) in [6.45, 7) is 0. The lowest BCUT2D eigenvalue weighted by Gasteiger charge is -1.88. The molecule has 0 saturated heterocycles. The number of fused-ring (bicyclic) bond motifs is 4. The number of rotatable bonds is 0. The largest absolute Gasteiger partial charge is 0.350 e. The van der Waals surface area contributed by atoms with E-state index < -0.39 is 0 Å². The van der Waals surface area contributed by atoms with Crippen molar-refractivity contribution < 1.29 is 0 Å². The minimum atomic E-state index is -0.252. The zero-order valence-electron chi connectivity index (χ0n) is 10.4. The van der Waals surface area contributed by atoms with E-state index in [0.717, 1.165) is 10.9 Å². The third-order valence-corrected chi connectivity index (χ3v) is 3.59. The normalized spacial score (nSPS) is 11.4. The molecule has 0 spiro atoms. The zero-order valence-corrected chi connectivity index (χ0v) is 10.4. The summed E-state index contributed by atoms with van der Waals surface area (Å²) < 4.78 is 0. The van der Waals surface area contributed by atoms with Crippen molar-refractivity contribution in [2.75, 3.05) is 0 Å². The fourth-order valence-corrected chi connectivity index (χ4v) is 2.64. The maximum Gasteiger partial charge on any atom is 0.256 e. The van der Waals surface area contributed by atoms with Gasteiger partial charge in [-0.1, -0.05) is 36.4 Å². The monoisotopic (exact) mass is 262 g/mol. The van der Waals surface area contributed by atoms with Crippen molar-refractivity contribution in [3.05, 3.63) is 69.1 Å². The zero-order chi connectivity index (χ0) is 13.7. The molecule has 0 unspecified atom stereocenters. The maximum absolute atomic E-state index is 12.6. The van der Waals surface area contributed by atoms with Gasteiger partial charge in [-0.15, -0.1) is 0 Å². The van der Waals surface area contributed by atoms with Gasteiger partial charge in [0.2, 0.25) is 5.43 Å². The third kappa shape index (κ3) is 1.36. The highest BCUT2D eigenvalue weighted by Crippen LogP contribution is 2.20. The van der Waals surface area contributed by atoms with E-state index in [0.29, 0.717) is 21.8 Å². The van der Waals surface area contributed by atoms with Crippen molar-refractivity contribution in [2.45, 2.75) is 0 Å². The van der Waals surface area contributed by atoms with Crippen LogP contribution in [0.5, 0.6) is 0 Å². The molecule has 0 amide bonds. The highest BCUT2D eigenvalue weighted by molar-refractivity contribution is 6.06. The summed E-state index contributed by atoms with van der Waals surface area (Å²) in [6.07, 6.45) is 0. The minimum Gasteiger partial charge on any atom is -0.350 e. The van der Waals surface area contributed by atoms with Crippen LogP contribution in [0.1, 0.15) is 0 Å². The number of para-hydroxylation sites is 1. The summed E-state index contributed by atoms with van der Waals surface area (Å²) in [5, 5.41) is 1.68. The molecular weight excluding hydrogens is 252 g/mol. The number of H-pyrrole nitrogens is 2. The number of aromatic amines is 2. The van der Waals surface area contributed by atoms with E-state index in [-0.39, 0.29) is 11.0 Å². The highest BCUT2D eigenvalue weighted by Gasteiger charge is 2.10. The van der Waals surface area contributed by atoms with Crippen LogP contribution in [0.3, 0.4) is 0 Å². The van der Waals surface area contributed by atoms with Gasteiger partial charge in [-0.25, -0.2) is 0 Å². The summed E-state index contributed by atoms with van der Waals surface area (Å²) in [7, 11) is 0. The molecule has 0 saturated carbocycles. The molecule has 0 radical (unpaired) electrons. The standard InChI is InChI=1S/C16H10N2O2/c19-15-9-5-1-2-6-10(9)16(20)18-13-11-7-3-4-8-12(11)17-14(13)15/h1-8,17H,(H,18,20).